The van der Waals surface area contributed by atoms with Crippen LogP contribution in [0.1, 0.15) is 18.0 Å². The second-order valence-corrected chi connectivity index (χ2v) is 7.39. The first-order valence-electron chi connectivity index (χ1n) is 9.10. The third kappa shape index (κ3) is 2.59. The molecule has 1 amide bonds. The molecule has 0 aromatic carbocycles. The first-order valence-corrected chi connectivity index (χ1v) is 9.10. The van der Waals surface area contributed by atoms with E-state index in [1.807, 2.05) is 15.5 Å². The topological polar surface area (TPSA) is 81.6 Å². The van der Waals surface area contributed by atoms with Crippen LogP contribution < -0.4 is 11.1 Å². The summed E-state index contributed by atoms with van der Waals surface area (Å²) in [6.45, 7) is 1.75. The van der Waals surface area contributed by atoms with Crippen LogP contribution in [-0.4, -0.2) is 42.6 Å². The number of aromatic nitrogens is 4. The van der Waals surface area contributed by atoms with Crippen molar-refractivity contribution in [3.63, 3.8) is 0 Å². The Kier molecular flexibility index (Phi) is 3.53. The second-order valence-electron chi connectivity index (χ2n) is 7.39. The Morgan fingerprint density at radius 2 is 2.00 bits per heavy atom. The highest BCUT2D eigenvalue weighted by Gasteiger charge is 2.36. The molecule has 2 aliphatic rings. The number of likely N-dealkylation sites (tertiary alicyclic amines) is 1. The summed E-state index contributed by atoms with van der Waals surface area (Å²) in [6.07, 6.45) is 4.28. The highest BCUT2D eigenvalue weighted by Crippen LogP contribution is 2.34. The molecule has 0 spiro atoms. The van der Waals surface area contributed by atoms with Crippen molar-refractivity contribution in [2.75, 3.05) is 13.1 Å². The summed E-state index contributed by atoms with van der Waals surface area (Å²) in [6, 6.07) is 8.83. The fourth-order valence-corrected chi connectivity index (χ4v) is 4.42. The molecule has 1 saturated heterocycles. The van der Waals surface area contributed by atoms with Gasteiger partial charge in [0.1, 0.15) is 18.4 Å². The van der Waals surface area contributed by atoms with Gasteiger partial charge in [-0.1, -0.05) is 6.07 Å². The standard InChI is InChI=1S/C19H19N5O3/c25-17-5-1-3-15-14-7-13(9-23(15)17)8-22(10-14)18(26)11-24-19(27)16-4-2-6-21(16)12-20-24/h1-6,12-14H,7-11H2/t13-,14-/m0/s1. The van der Waals surface area contributed by atoms with Crippen LogP contribution in [0.2, 0.25) is 0 Å². The zero-order chi connectivity index (χ0) is 18.5. The van der Waals surface area contributed by atoms with Crippen LogP contribution in [-0.2, 0) is 17.9 Å². The van der Waals surface area contributed by atoms with Crippen LogP contribution in [0, 0.1) is 5.92 Å². The fourth-order valence-electron chi connectivity index (χ4n) is 4.42. The molecule has 0 radical (unpaired) electrons. The van der Waals surface area contributed by atoms with Gasteiger partial charge >= 0.3 is 0 Å². The average Bonchev–Trinajstić information content (AvgIpc) is 3.14. The Morgan fingerprint density at radius 1 is 1.11 bits per heavy atom. The molecule has 3 aromatic rings. The van der Waals surface area contributed by atoms with Crippen LogP contribution in [0.4, 0.5) is 0 Å². The number of piperidine rings is 1. The van der Waals surface area contributed by atoms with E-state index in [0.29, 0.717) is 25.2 Å². The molecule has 0 unspecified atom stereocenters. The molecule has 5 rings (SSSR count). The predicted molar refractivity (Wildman–Crippen MR) is 97.6 cm³/mol. The smallest absolute Gasteiger partial charge is 0.291 e. The number of pyridine rings is 1. The van der Waals surface area contributed by atoms with E-state index >= 15 is 0 Å². The molecule has 27 heavy (non-hydrogen) atoms. The molecule has 8 nitrogen and oxygen atoms in total. The Labute approximate surface area is 154 Å². The lowest BCUT2D eigenvalue weighted by Gasteiger charge is -2.42. The van der Waals surface area contributed by atoms with Crippen LogP contribution >= 0.6 is 0 Å². The number of nitrogens with zero attached hydrogens (tertiary/aromatic N) is 5. The van der Waals surface area contributed by atoms with E-state index in [0.717, 1.165) is 12.1 Å². The Morgan fingerprint density at radius 3 is 2.89 bits per heavy atom. The van der Waals surface area contributed by atoms with E-state index in [1.165, 1.54) is 11.0 Å². The molecular formula is C19H19N5O3. The summed E-state index contributed by atoms with van der Waals surface area (Å²) in [7, 11) is 0. The fraction of sp³-hybridized carbons (Fsp3) is 0.368. The molecule has 2 atom stereocenters. The Balaban J connectivity index is 1.39. The van der Waals surface area contributed by atoms with Gasteiger partial charge < -0.3 is 13.9 Å². The lowest BCUT2D eigenvalue weighted by Crippen LogP contribution is -2.50. The van der Waals surface area contributed by atoms with Crippen LogP contribution in [0.15, 0.2) is 52.4 Å². The molecule has 1 fully saturated rings. The molecule has 2 bridgehead atoms. The van der Waals surface area contributed by atoms with Crippen molar-refractivity contribution in [3.8, 4) is 0 Å². The monoisotopic (exact) mass is 365 g/mol. The van der Waals surface area contributed by atoms with E-state index < -0.39 is 0 Å². The Hall–Kier alpha value is -3.16. The highest BCUT2D eigenvalue weighted by molar-refractivity contribution is 5.76. The maximum Gasteiger partial charge on any atom is 0.291 e. The summed E-state index contributed by atoms with van der Waals surface area (Å²) >= 11 is 0. The normalized spacial score (nSPS) is 21.3. The van der Waals surface area contributed by atoms with Crippen LogP contribution in [0.25, 0.3) is 5.52 Å². The molecule has 3 aromatic heterocycles. The SMILES string of the molecule is O=C(Cn1ncn2cccc2c1=O)N1C[C@@H]2C[C@@H](C1)c1cccc(=O)n1C2. The maximum atomic E-state index is 12.9. The Bertz CT molecular complexity index is 1160. The van der Waals surface area contributed by atoms with Gasteiger partial charge in [0.2, 0.25) is 5.91 Å². The van der Waals surface area contributed by atoms with Crippen molar-refractivity contribution in [1.82, 2.24) is 23.6 Å². The molecule has 8 heteroatoms. The number of hydrogen-bond acceptors (Lipinski definition) is 4. The lowest BCUT2D eigenvalue weighted by atomic mass is 9.83. The number of rotatable bonds is 2. The highest BCUT2D eigenvalue weighted by atomic mass is 16.2. The van der Waals surface area contributed by atoms with Crippen molar-refractivity contribution in [1.29, 1.82) is 0 Å². The van der Waals surface area contributed by atoms with E-state index in [2.05, 4.69) is 5.10 Å². The predicted octanol–water partition coefficient (Wildman–Crippen LogP) is 0.304. The first-order chi connectivity index (χ1) is 13.1. The van der Waals surface area contributed by atoms with Crippen molar-refractivity contribution in [2.45, 2.75) is 25.4 Å². The van der Waals surface area contributed by atoms with Crippen molar-refractivity contribution >= 4 is 11.4 Å². The van der Waals surface area contributed by atoms with E-state index in [-0.39, 0.29) is 35.4 Å². The number of hydrogen-bond donors (Lipinski definition) is 0. The van der Waals surface area contributed by atoms with E-state index in [9.17, 15) is 14.4 Å². The zero-order valence-corrected chi connectivity index (χ0v) is 14.7. The number of carbonyl (C=O) groups excluding carboxylic acids is 1. The lowest BCUT2D eigenvalue weighted by molar-refractivity contribution is -0.134. The van der Waals surface area contributed by atoms with Gasteiger partial charge in [0, 0.05) is 43.5 Å². The van der Waals surface area contributed by atoms with Gasteiger partial charge in [0.25, 0.3) is 11.1 Å². The minimum Gasteiger partial charge on any atom is -0.340 e. The molecule has 5 heterocycles. The number of carbonyl (C=O) groups is 1. The molecule has 138 valence electrons. The zero-order valence-electron chi connectivity index (χ0n) is 14.7. The van der Waals surface area contributed by atoms with Crippen molar-refractivity contribution in [2.24, 2.45) is 5.92 Å². The van der Waals surface area contributed by atoms with Crippen molar-refractivity contribution in [3.05, 3.63) is 69.3 Å². The summed E-state index contributed by atoms with van der Waals surface area (Å²) < 4.78 is 4.71. The van der Waals surface area contributed by atoms with Gasteiger partial charge in [0.15, 0.2) is 0 Å². The minimum absolute atomic E-state index is 0.0261. The third-order valence-electron chi connectivity index (χ3n) is 5.67. The molecule has 2 aliphatic heterocycles. The van der Waals surface area contributed by atoms with Gasteiger partial charge in [-0.3, -0.25) is 14.4 Å². The summed E-state index contributed by atoms with van der Waals surface area (Å²) in [5.74, 6) is 0.313. The molecule has 0 saturated carbocycles. The summed E-state index contributed by atoms with van der Waals surface area (Å²) in [4.78, 5) is 39.3. The van der Waals surface area contributed by atoms with Gasteiger partial charge in [0.05, 0.1) is 0 Å². The molecule has 0 N–H and O–H groups in total. The number of fused-ring (bicyclic) bond motifs is 5. The van der Waals surface area contributed by atoms with Gasteiger partial charge in [-0.15, -0.1) is 0 Å². The van der Waals surface area contributed by atoms with Crippen molar-refractivity contribution < 1.29 is 4.79 Å². The van der Waals surface area contributed by atoms with Crippen LogP contribution in [0.3, 0.4) is 0 Å². The quantitative estimate of drug-likeness (QED) is 0.654. The first kappa shape index (κ1) is 16.0. The van der Waals surface area contributed by atoms with Crippen LogP contribution in [0.5, 0.6) is 0 Å². The van der Waals surface area contributed by atoms with Gasteiger partial charge in [-0.2, -0.15) is 5.10 Å². The molecular weight excluding hydrogens is 346 g/mol. The largest absolute Gasteiger partial charge is 0.340 e. The van der Waals surface area contributed by atoms with Gasteiger partial charge in [-0.25, -0.2) is 4.68 Å². The second kappa shape index (κ2) is 5.94. The molecule has 0 aliphatic carbocycles. The minimum atomic E-state index is -0.273. The van der Waals surface area contributed by atoms with Gasteiger partial charge in [-0.05, 0) is 30.5 Å². The maximum absolute atomic E-state index is 12.9. The number of amides is 1. The average molecular weight is 365 g/mol. The van der Waals surface area contributed by atoms with E-state index in [4.69, 9.17) is 0 Å². The summed E-state index contributed by atoms with van der Waals surface area (Å²) in [5, 5.41) is 4.11. The third-order valence-corrected chi connectivity index (χ3v) is 5.67. The van der Waals surface area contributed by atoms with E-state index in [1.54, 1.807) is 34.9 Å². The summed E-state index contributed by atoms with van der Waals surface area (Å²) in [5.41, 5.74) is 1.26.